The molecular weight excluding hydrogens is 390 g/mol. The highest BCUT2D eigenvalue weighted by Gasteiger charge is 2.28. The number of benzene rings is 1. The van der Waals surface area contributed by atoms with Gasteiger partial charge in [-0.3, -0.25) is 5.32 Å². The number of aryl methyl sites for hydroxylation is 1. The molecule has 1 aromatic carbocycles. The molecule has 12 heteroatoms. The van der Waals surface area contributed by atoms with E-state index in [-0.39, 0.29) is 22.2 Å². The predicted octanol–water partition coefficient (Wildman–Crippen LogP) is 4.23. The Kier molecular flexibility index (Phi) is 5.53. The van der Waals surface area contributed by atoms with Gasteiger partial charge in [0.25, 0.3) is 0 Å². The summed E-state index contributed by atoms with van der Waals surface area (Å²) in [6, 6.07) is 0.849. The number of nitrogens with one attached hydrogen (secondary N) is 1. The number of halogens is 5. The van der Waals surface area contributed by atoms with E-state index in [9.17, 15) is 18.0 Å². The number of nitrogens with zero attached hydrogens (tertiary/aromatic N) is 2. The Morgan fingerprint density at radius 3 is 2.60 bits per heavy atom. The molecule has 1 aromatic heterocycles. The molecule has 0 radical (unpaired) electrons. The molecule has 0 bridgehead atoms. The number of carboxylic acid groups (broad SMARTS) is 1. The van der Waals surface area contributed by atoms with E-state index in [0.717, 1.165) is 10.7 Å². The number of amides is 1. The van der Waals surface area contributed by atoms with E-state index in [4.69, 9.17) is 33.0 Å². The van der Waals surface area contributed by atoms with Crippen molar-refractivity contribution in [3.8, 4) is 22.9 Å². The zero-order chi connectivity index (χ0) is 18.9. The highest BCUT2D eigenvalue weighted by molar-refractivity contribution is 6.35. The van der Waals surface area contributed by atoms with Gasteiger partial charge in [-0.2, -0.15) is 13.9 Å². The number of methoxy groups -OCH3 is 1. The number of alkyl halides is 2. The van der Waals surface area contributed by atoms with Crippen molar-refractivity contribution in [2.45, 2.75) is 6.61 Å². The van der Waals surface area contributed by atoms with Gasteiger partial charge in [-0.1, -0.05) is 23.2 Å². The molecule has 1 amide bonds. The zero-order valence-electron chi connectivity index (χ0n) is 12.6. The minimum Gasteiger partial charge on any atom is -0.493 e. The summed E-state index contributed by atoms with van der Waals surface area (Å²) in [5.74, 6) is -1.72. The van der Waals surface area contributed by atoms with Crippen LogP contribution in [0.4, 0.5) is 23.7 Å². The highest BCUT2D eigenvalue weighted by Crippen LogP contribution is 2.46. The van der Waals surface area contributed by atoms with Crippen LogP contribution >= 0.6 is 23.2 Å². The van der Waals surface area contributed by atoms with Gasteiger partial charge in [-0.25, -0.2) is 13.9 Å². The Morgan fingerprint density at radius 1 is 1.44 bits per heavy atom. The van der Waals surface area contributed by atoms with Crippen LogP contribution in [0.2, 0.25) is 10.0 Å². The van der Waals surface area contributed by atoms with Crippen molar-refractivity contribution >= 4 is 35.0 Å². The minimum atomic E-state index is -3.19. The Hall–Kier alpha value is -2.33. The maximum Gasteiger partial charge on any atom is 0.409 e. The van der Waals surface area contributed by atoms with Crippen LogP contribution in [0.5, 0.6) is 11.6 Å². The summed E-state index contributed by atoms with van der Waals surface area (Å²) in [5.41, 5.74) is -1.16. The molecule has 0 saturated heterocycles. The Labute approximate surface area is 148 Å². The van der Waals surface area contributed by atoms with Crippen molar-refractivity contribution in [2.75, 3.05) is 12.4 Å². The van der Waals surface area contributed by atoms with Crippen LogP contribution < -0.4 is 14.8 Å². The Bertz CT molecular complexity index is 830. The average Bonchev–Trinajstić information content (AvgIpc) is 2.74. The molecule has 25 heavy (non-hydrogen) atoms. The summed E-state index contributed by atoms with van der Waals surface area (Å²) in [4.78, 5) is 11.0. The van der Waals surface area contributed by atoms with Crippen LogP contribution in [0.25, 0.3) is 11.3 Å². The number of aromatic nitrogens is 2. The molecule has 0 atom stereocenters. The van der Waals surface area contributed by atoms with Crippen molar-refractivity contribution in [3.63, 3.8) is 0 Å². The highest BCUT2D eigenvalue weighted by atomic mass is 35.5. The molecule has 136 valence electrons. The molecule has 2 rings (SSSR count). The lowest BCUT2D eigenvalue weighted by molar-refractivity contribution is -0.0552. The summed E-state index contributed by atoms with van der Waals surface area (Å²) in [7, 11) is 2.42. The number of rotatable bonds is 5. The molecule has 0 unspecified atom stereocenters. The van der Waals surface area contributed by atoms with Crippen LogP contribution in [0.1, 0.15) is 0 Å². The minimum absolute atomic E-state index is 0.196. The zero-order valence-corrected chi connectivity index (χ0v) is 14.1. The molecule has 0 fully saturated rings. The number of carbonyl (C=O) groups is 1. The third-order valence-corrected chi connectivity index (χ3v) is 3.62. The Balaban J connectivity index is 2.76. The second-order valence-electron chi connectivity index (χ2n) is 4.52. The molecule has 1 heterocycles. The fourth-order valence-electron chi connectivity index (χ4n) is 2.11. The van der Waals surface area contributed by atoms with Gasteiger partial charge >= 0.3 is 12.7 Å². The van der Waals surface area contributed by atoms with Crippen LogP contribution in [0.15, 0.2) is 6.07 Å². The first-order valence-electron chi connectivity index (χ1n) is 6.41. The van der Waals surface area contributed by atoms with E-state index in [0.29, 0.717) is 0 Å². The van der Waals surface area contributed by atoms with Gasteiger partial charge in [0.1, 0.15) is 22.2 Å². The molecule has 0 aliphatic rings. The molecule has 0 aliphatic carbocycles. The summed E-state index contributed by atoms with van der Waals surface area (Å²) < 4.78 is 49.5. The molecule has 7 nitrogen and oxygen atoms in total. The van der Waals surface area contributed by atoms with Crippen LogP contribution in [0, 0.1) is 5.82 Å². The maximum absolute atomic E-state index is 14.5. The first-order valence-corrected chi connectivity index (χ1v) is 7.16. The lowest BCUT2D eigenvalue weighted by atomic mass is 10.1. The van der Waals surface area contributed by atoms with E-state index >= 15 is 0 Å². The smallest absolute Gasteiger partial charge is 0.409 e. The van der Waals surface area contributed by atoms with Crippen LogP contribution in [0.3, 0.4) is 0 Å². The van der Waals surface area contributed by atoms with Gasteiger partial charge in [-0.15, -0.1) is 0 Å². The lowest BCUT2D eigenvalue weighted by Crippen LogP contribution is -2.11. The fourth-order valence-corrected chi connectivity index (χ4v) is 2.68. The van der Waals surface area contributed by atoms with Gasteiger partial charge in [0.05, 0.1) is 17.7 Å². The van der Waals surface area contributed by atoms with Gasteiger partial charge in [-0.05, 0) is 6.07 Å². The molecule has 2 aromatic rings. The van der Waals surface area contributed by atoms with Crippen molar-refractivity contribution in [2.24, 2.45) is 7.05 Å². The van der Waals surface area contributed by atoms with Crippen molar-refractivity contribution in [1.29, 1.82) is 0 Å². The second-order valence-corrected chi connectivity index (χ2v) is 5.31. The van der Waals surface area contributed by atoms with Gasteiger partial charge in [0.2, 0.25) is 5.88 Å². The predicted molar refractivity (Wildman–Crippen MR) is 83.5 cm³/mol. The summed E-state index contributed by atoms with van der Waals surface area (Å²) in [6.07, 6.45) is -1.54. The Morgan fingerprint density at radius 2 is 2.08 bits per heavy atom. The maximum atomic E-state index is 14.5. The molecule has 0 saturated carbocycles. The molecule has 0 spiro atoms. The lowest BCUT2D eigenvalue weighted by Gasteiger charge is -2.15. The number of hydrogen-bond donors (Lipinski definition) is 2. The fraction of sp³-hybridized carbons (Fsp3) is 0.231. The topological polar surface area (TPSA) is 85.6 Å². The van der Waals surface area contributed by atoms with Crippen molar-refractivity contribution < 1.29 is 32.5 Å². The van der Waals surface area contributed by atoms with E-state index in [1.165, 1.54) is 14.2 Å². The summed E-state index contributed by atoms with van der Waals surface area (Å²) >= 11 is 11.8. The molecular formula is C13H10Cl2F3N3O4. The standard InChI is InChI=1S/C13H10Cl2F3N3O4/c1-21-11(25-12(17)18)7(15)8(20-21)6-5(16)3-4(14)10(24-2)9(6)19-13(22)23/h3,12,19H,1-2H3,(H,22,23). The quantitative estimate of drug-likeness (QED) is 0.785. The van der Waals surface area contributed by atoms with Crippen molar-refractivity contribution in [1.82, 2.24) is 9.78 Å². The number of ether oxygens (including phenoxy) is 2. The number of hydrogen-bond acceptors (Lipinski definition) is 4. The normalized spacial score (nSPS) is 10.9. The molecule has 0 aliphatic heterocycles. The number of anilines is 1. The third kappa shape index (κ3) is 3.69. The van der Waals surface area contributed by atoms with Crippen LogP contribution in [-0.2, 0) is 7.05 Å². The molecule has 2 N–H and O–H groups in total. The average molecular weight is 400 g/mol. The second kappa shape index (κ2) is 7.28. The van der Waals surface area contributed by atoms with E-state index < -0.39 is 35.0 Å². The van der Waals surface area contributed by atoms with E-state index in [2.05, 4.69) is 9.84 Å². The largest absolute Gasteiger partial charge is 0.493 e. The summed E-state index contributed by atoms with van der Waals surface area (Å²) in [5, 5.41) is 14.1. The van der Waals surface area contributed by atoms with Gasteiger partial charge in [0.15, 0.2) is 5.75 Å². The SMILES string of the molecule is COc1c(Cl)cc(F)c(-c2nn(C)c(OC(F)F)c2Cl)c1NC(=O)O. The monoisotopic (exact) mass is 399 g/mol. The summed E-state index contributed by atoms with van der Waals surface area (Å²) in [6.45, 7) is -3.19. The van der Waals surface area contributed by atoms with Crippen LogP contribution in [-0.4, -0.2) is 34.7 Å². The first kappa shape index (κ1) is 19.0. The van der Waals surface area contributed by atoms with Crippen molar-refractivity contribution in [3.05, 3.63) is 21.9 Å². The third-order valence-electron chi connectivity index (χ3n) is 3.00. The van der Waals surface area contributed by atoms with E-state index in [1.807, 2.05) is 5.32 Å². The van der Waals surface area contributed by atoms with Gasteiger partial charge < -0.3 is 14.6 Å². The first-order chi connectivity index (χ1) is 11.7. The van der Waals surface area contributed by atoms with E-state index in [1.54, 1.807) is 0 Å². The van der Waals surface area contributed by atoms with Gasteiger partial charge in [0, 0.05) is 7.05 Å².